The summed E-state index contributed by atoms with van der Waals surface area (Å²) >= 11 is 2.16. The molecule has 20 heavy (non-hydrogen) atoms. The van der Waals surface area contributed by atoms with Crippen molar-refractivity contribution in [3.63, 3.8) is 0 Å². The summed E-state index contributed by atoms with van der Waals surface area (Å²) in [4.78, 5) is 17.1. The van der Waals surface area contributed by atoms with Gasteiger partial charge in [0.15, 0.2) is 0 Å². The first-order chi connectivity index (χ1) is 9.56. The maximum Gasteiger partial charge on any atom is 0.265 e. The molecular weight excluding hydrogens is 370 g/mol. The Morgan fingerprint density at radius 1 is 1.15 bits per heavy atom. The summed E-state index contributed by atoms with van der Waals surface area (Å²) < 4.78 is 15.5. The van der Waals surface area contributed by atoms with Gasteiger partial charge in [-0.15, -0.1) is 0 Å². The van der Waals surface area contributed by atoms with Crippen molar-refractivity contribution in [2.24, 2.45) is 0 Å². The van der Waals surface area contributed by atoms with Crippen LogP contribution >= 0.6 is 22.6 Å². The molecular formula is C15H10FIN2O. The molecule has 0 fully saturated rings. The van der Waals surface area contributed by atoms with E-state index in [1.165, 1.54) is 16.7 Å². The molecule has 0 saturated carbocycles. The van der Waals surface area contributed by atoms with Gasteiger partial charge in [0.05, 0.1) is 16.6 Å². The van der Waals surface area contributed by atoms with Crippen molar-refractivity contribution < 1.29 is 4.39 Å². The van der Waals surface area contributed by atoms with Crippen LogP contribution in [-0.2, 0) is 0 Å². The van der Waals surface area contributed by atoms with Gasteiger partial charge in [0.2, 0.25) is 0 Å². The number of benzene rings is 2. The maximum atomic E-state index is 13.0. The summed E-state index contributed by atoms with van der Waals surface area (Å²) in [5.41, 5.74) is 1.14. The summed E-state index contributed by atoms with van der Waals surface area (Å²) in [7, 11) is 0. The molecule has 3 rings (SSSR count). The molecule has 5 heteroatoms. The number of rotatable bonds is 1. The van der Waals surface area contributed by atoms with E-state index in [4.69, 9.17) is 0 Å². The van der Waals surface area contributed by atoms with Crippen LogP contribution in [-0.4, -0.2) is 9.55 Å². The summed E-state index contributed by atoms with van der Waals surface area (Å²) in [6, 6.07) is 11.4. The fourth-order valence-electron chi connectivity index (χ4n) is 2.16. The minimum Gasteiger partial charge on any atom is -0.268 e. The molecule has 0 bridgehead atoms. The quantitative estimate of drug-likeness (QED) is 0.607. The van der Waals surface area contributed by atoms with Gasteiger partial charge >= 0.3 is 0 Å². The molecule has 0 unspecified atom stereocenters. The van der Waals surface area contributed by atoms with E-state index in [-0.39, 0.29) is 11.4 Å². The topological polar surface area (TPSA) is 34.9 Å². The van der Waals surface area contributed by atoms with E-state index < -0.39 is 0 Å². The van der Waals surface area contributed by atoms with Crippen molar-refractivity contribution in [1.82, 2.24) is 9.55 Å². The first-order valence-electron chi connectivity index (χ1n) is 6.01. The Morgan fingerprint density at radius 3 is 2.55 bits per heavy atom. The summed E-state index contributed by atoms with van der Waals surface area (Å²) in [5.74, 6) is 0.248. The van der Waals surface area contributed by atoms with Crippen molar-refractivity contribution >= 4 is 33.5 Å². The molecule has 0 spiro atoms. The second kappa shape index (κ2) is 4.97. The lowest BCUT2D eigenvalue weighted by Gasteiger charge is -2.10. The fraction of sp³-hybridized carbons (Fsp3) is 0.0667. The monoisotopic (exact) mass is 380 g/mol. The molecule has 0 aliphatic carbocycles. The highest BCUT2D eigenvalue weighted by atomic mass is 127. The minimum atomic E-state index is -0.331. The highest BCUT2D eigenvalue weighted by Gasteiger charge is 2.10. The molecule has 3 nitrogen and oxygen atoms in total. The molecule has 3 aromatic rings. The number of hydrogen-bond acceptors (Lipinski definition) is 2. The lowest BCUT2D eigenvalue weighted by molar-refractivity contribution is 0.627. The van der Waals surface area contributed by atoms with Gasteiger partial charge in [-0.1, -0.05) is 0 Å². The first-order valence-corrected chi connectivity index (χ1v) is 7.09. The summed E-state index contributed by atoms with van der Waals surface area (Å²) in [5, 5.41) is 0.562. The Kier molecular flexibility index (Phi) is 3.29. The van der Waals surface area contributed by atoms with Crippen LogP contribution in [0.2, 0.25) is 0 Å². The van der Waals surface area contributed by atoms with Gasteiger partial charge in [-0.05, 0) is 72.0 Å². The van der Waals surface area contributed by atoms with Gasteiger partial charge in [0.25, 0.3) is 5.56 Å². The molecule has 0 radical (unpaired) electrons. The third-order valence-electron chi connectivity index (χ3n) is 3.08. The zero-order valence-electron chi connectivity index (χ0n) is 10.6. The SMILES string of the molecule is Cc1nc2ccc(I)cc2c(=O)n1-c1ccc(F)cc1. The first kappa shape index (κ1) is 13.2. The third kappa shape index (κ3) is 2.22. The lowest BCUT2D eigenvalue weighted by Crippen LogP contribution is -2.22. The fourth-order valence-corrected chi connectivity index (χ4v) is 2.65. The van der Waals surface area contributed by atoms with Crippen LogP contribution in [0.3, 0.4) is 0 Å². The summed E-state index contributed by atoms with van der Waals surface area (Å²) in [6.45, 7) is 1.77. The van der Waals surface area contributed by atoms with Crippen LogP contribution in [0.1, 0.15) is 5.82 Å². The highest BCUT2D eigenvalue weighted by molar-refractivity contribution is 14.1. The molecule has 0 amide bonds. The zero-order chi connectivity index (χ0) is 14.3. The maximum absolute atomic E-state index is 13.0. The van der Waals surface area contributed by atoms with E-state index in [1.54, 1.807) is 19.1 Å². The predicted molar refractivity (Wildman–Crippen MR) is 84.8 cm³/mol. The van der Waals surface area contributed by atoms with Crippen molar-refractivity contribution in [3.8, 4) is 5.69 Å². The number of fused-ring (bicyclic) bond motifs is 1. The Morgan fingerprint density at radius 2 is 1.85 bits per heavy atom. The van der Waals surface area contributed by atoms with E-state index >= 15 is 0 Å². The smallest absolute Gasteiger partial charge is 0.265 e. The third-order valence-corrected chi connectivity index (χ3v) is 3.75. The molecule has 1 heterocycles. The molecule has 1 aromatic heterocycles. The van der Waals surface area contributed by atoms with Crippen molar-refractivity contribution in [3.05, 3.63) is 68.0 Å². The van der Waals surface area contributed by atoms with Crippen molar-refractivity contribution in [2.75, 3.05) is 0 Å². The molecule has 100 valence electrons. The molecule has 0 aliphatic rings. The van der Waals surface area contributed by atoms with Crippen LogP contribution < -0.4 is 5.56 Å². The van der Waals surface area contributed by atoms with Gasteiger partial charge in [0, 0.05) is 3.57 Å². The standard InChI is InChI=1S/C15H10FIN2O/c1-9-18-14-7-4-11(17)8-13(14)15(20)19(9)12-5-2-10(16)3-6-12/h2-8H,1H3. The van der Waals surface area contributed by atoms with Gasteiger partial charge in [0.1, 0.15) is 11.6 Å². The van der Waals surface area contributed by atoms with Crippen LogP contribution in [0.5, 0.6) is 0 Å². The molecule has 0 N–H and O–H groups in total. The van der Waals surface area contributed by atoms with E-state index in [0.717, 1.165) is 3.57 Å². The Hall–Kier alpha value is -1.76. The number of hydrogen-bond donors (Lipinski definition) is 0. The Labute approximate surface area is 128 Å². The molecule has 0 saturated heterocycles. The van der Waals surface area contributed by atoms with Crippen molar-refractivity contribution in [2.45, 2.75) is 6.92 Å². The van der Waals surface area contributed by atoms with Crippen LogP contribution in [0.25, 0.3) is 16.6 Å². The second-order valence-corrected chi connectivity index (χ2v) is 5.68. The lowest BCUT2D eigenvalue weighted by atomic mass is 10.2. The zero-order valence-corrected chi connectivity index (χ0v) is 12.8. The van der Waals surface area contributed by atoms with Crippen molar-refractivity contribution in [1.29, 1.82) is 0 Å². The van der Waals surface area contributed by atoms with Gasteiger partial charge < -0.3 is 0 Å². The molecule has 0 aliphatic heterocycles. The molecule has 0 atom stereocenters. The van der Waals surface area contributed by atoms with E-state index in [1.807, 2.05) is 18.2 Å². The predicted octanol–water partition coefficient (Wildman–Crippen LogP) is 3.44. The average molecular weight is 380 g/mol. The summed E-state index contributed by atoms with van der Waals surface area (Å²) in [6.07, 6.45) is 0. The van der Waals surface area contributed by atoms with E-state index in [2.05, 4.69) is 27.6 Å². The number of nitrogens with zero attached hydrogens (tertiary/aromatic N) is 2. The number of aryl methyl sites for hydroxylation is 1. The minimum absolute atomic E-state index is 0.141. The Balaban J connectivity index is 2.36. The van der Waals surface area contributed by atoms with Gasteiger partial charge in [-0.3, -0.25) is 9.36 Å². The largest absolute Gasteiger partial charge is 0.268 e. The normalized spacial score (nSPS) is 10.9. The highest BCUT2D eigenvalue weighted by Crippen LogP contribution is 2.15. The van der Waals surface area contributed by atoms with Crippen LogP contribution in [0.4, 0.5) is 4.39 Å². The van der Waals surface area contributed by atoms with E-state index in [9.17, 15) is 9.18 Å². The average Bonchev–Trinajstić information content (AvgIpc) is 2.42. The van der Waals surface area contributed by atoms with Crippen LogP contribution in [0, 0.1) is 16.3 Å². The Bertz CT molecular complexity index is 856. The van der Waals surface area contributed by atoms with E-state index in [0.29, 0.717) is 22.4 Å². The van der Waals surface area contributed by atoms with Gasteiger partial charge in [-0.25, -0.2) is 9.37 Å². The second-order valence-electron chi connectivity index (χ2n) is 4.44. The molecule has 2 aromatic carbocycles. The number of halogens is 2. The van der Waals surface area contributed by atoms with Gasteiger partial charge in [-0.2, -0.15) is 0 Å². The van der Waals surface area contributed by atoms with Crippen LogP contribution in [0.15, 0.2) is 47.3 Å². The number of aromatic nitrogens is 2.